The molecular weight excluding hydrogens is 286 g/mol. The average molecular weight is 308 g/mol. The number of halogens is 1. The van der Waals surface area contributed by atoms with E-state index in [1.165, 1.54) is 16.0 Å². The molecule has 1 aromatic heterocycles. The number of nitrogens with one attached hydrogen (secondary N) is 1. The highest BCUT2D eigenvalue weighted by Gasteiger charge is 2.17. The van der Waals surface area contributed by atoms with Crippen molar-refractivity contribution in [1.29, 1.82) is 0 Å². The van der Waals surface area contributed by atoms with Gasteiger partial charge in [0.25, 0.3) is 0 Å². The molecule has 1 N–H and O–H groups in total. The Morgan fingerprint density at radius 3 is 2.25 bits per heavy atom. The molecule has 1 heterocycles. The summed E-state index contributed by atoms with van der Waals surface area (Å²) in [6.07, 6.45) is 1.11. The summed E-state index contributed by atoms with van der Waals surface area (Å²) in [5.41, 5.74) is 2.66. The Morgan fingerprint density at radius 1 is 1.10 bits per heavy atom. The van der Waals surface area contributed by atoms with Crippen LogP contribution in [0.25, 0.3) is 0 Å². The Bertz CT molecular complexity index is 530. The monoisotopic (exact) mass is 307 g/mol. The first kappa shape index (κ1) is 15.6. The summed E-state index contributed by atoms with van der Waals surface area (Å²) >= 11 is 8.03. The van der Waals surface area contributed by atoms with Gasteiger partial charge in [0.05, 0.1) is 11.1 Å². The number of hydrogen-bond donors (Lipinski definition) is 1. The highest BCUT2D eigenvalue weighted by molar-refractivity contribution is 7.10. The fourth-order valence-electron chi connectivity index (χ4n) is 2.24. The smallest absolute Gasteiger partial charge is 0.0686 e. The number of thiophene rings is 1. The quantitative estimate of drug-likeness (QED) is 0.731. The van der Waals surface area contributed by atoms with E-state index in [0.717, 1.165) is 18.0 Å². The summed E-state index contributed by atoms with van der Waals surface area (Å²) in [6, 6.07) is 11.1. The van der Waals surface area contributed by atoms with Crippen molar-refractivity contribution in [3.63, 3.8) is 0 Å². The number of hydrogen-bond acceptors (Lipinski definition) is 2. The molecule has 0 saturated carbocycles. The Balaban J connectivity index is 2.29. The van der Waals surface area contributed by atoms with E-state index in [4.69, 9.17) is 11.6 Å². The zero-order valence-electron chi connectivity index (χ0n) is 12.3. The average Bonchev–Trinajstić information content (AvgIpc) is 2.86. The second kappa shape index (κ2) is 7.26. The minimum absolute atomic E-state index is 0.198. The summed E-state index contributed by atoms with van der Waals surface area (Å²) in [5.74, 6) is 0.566. The van der Waals surface area contributed by atoms with Crippen LogP contribution in [0.15, 0.2) is 35.7 Å². The lowest BCUT2D eigenvalue weighted by Crippen LogP contribution is -2.22. The van der Waals surface area contributed by atoms with Gasteiger partial charge in [0.15, 0.2) is 0 Å². The Hall–Kier alpha value is -0.830. The predicted molar refractivity (Wildman–Crippen MR) is 90.0 cm³/mol. The van der Waals surface area contributed by atoms with E-state index in [0.29, 0.717) is 5.92 Å². The van der Waals surface area contributed by atoms with Crippen molar-refractivity contribution < 1.29 is 0 Å². The van der Waals surface area contributed by atoms with Crippen molar-refractivity contribution in [2.24, 2.45) is 0 Å². The van der Waals surface area contributed by atoms with E-state index >= 15 is 0 Å². The second-order valence-corrected chi connectivity index (χ2v) is 6.70. The van der Waals surface area contributed by atoms with Gasteiger partial charge in [-0.2, -0.15) is 0 Å². The van der Waals surface area contributed by atoms with Crippen molar-refractivity contribution in [3.05, 3.63) is 56.7 Å². The van der Waals surface area contributed by atoms with Crippen molar-refractivity contribution in [2.75, 3.05) is 6.54 Å². The highest BCUT2D eigenvalue weighted by Crippen LogP contribution is 2.33. The third-order valence-corrected chi connectivity index (χ3v) is 4.87. The molecule has 0 fully saturated rings. The first-order valence-electron chi connectivity index (χ1n) is 7.19. The maximum atomic E-state index is 6.32. The van der Waals surface area contributed by atoms with Crippen molar-refractivity contribution in [3.8, 4) is 0 Å². The number of rotatable bonds is 6. The standard InChI is InChI=1S/C17H22ClNS/c1-4-10-19-16(17-15(18)9-11-20-17)14-7-5-13(6-8-14)12(2)3/h5-9,11-12,16,19H,4,10H2,1-3H3. The fraction of sp³-hybridized carbons (Fsp3) is 0.412. The third-order valence-electron chi connectivity index (χ3n) is 3.44. The SMILES string of the molecule is CCCNC(c1ccc(C(C)C)cc1)c1sccc1Cl. The molecule has 108 valence electrons. The highest BCUT2D eigenvalue weighted by atomic mass is 35.5. The first-order valence-corrected chi connectivity index (χ1v) is 8.45. The largest absolute Gasteiger partial charge is 0.306 e. The van der Waals surface area contributed by atoms with Crippen LogP contribution in [-0.4, -0.2) is 6.54 Å². The Labute approximate surface area is 131 Å². The molecule has 1 atom stereocenters. The van der Waals surface area contributed by atoms with Crippen LogP contribution in [0.1, 0.15) is 55.2 Å². The van der Waals surface area contributed by atoms with Gasteiger partial charge in [-0.3, -0.25) is 0 Å². The zero-order chi connectivity index (χ0) is 14.5. The summed E-state index contributed by atoms with van der Waals surface area (Å²) in [6.45, 7) is 7.61. The number of benzene rings is 1. The predicted octanol–water partition coefficient (Wildman–Crippen LogP) is 5.61. The van der Waals surface area contributed by atoms with Gasteiger partial charge >= 0.3 is 0 Å². The summed E-state index contributed by atoms with van der Waals surface area (Å²) in [4.78, 5) is 1.21. The molecule has 0 aliphatic rings. The lowest BCUT2D eigenvalue weighted by Gasteiger charge is -2.19. The van der Waals surface area contributed by atoms with E-state index in [2.05, 4.69) is 55.7 Å². The van der Waals surface area contributed by atoms with Crippen LogP contribution >= 0.6 is 22.9 Å². The minimum atomic E-state index is 0.198. The molecule has 0 spiro atoms. The minimum Gasteiger partial charge on any atom is -0.306 e. The van der Waals surface area contributed by atoms with E-state index in [1.807, 2.05) is 6.07 Å². The van der Waals surface area contributed by atoms with Crippen molar-refractivity contribution >= 4 is 22.9 Å². The molecule has 0 saturated heterocycles. The summed E-state index contributed by atoms with van der Waals surface area (Å²) in [5, 5.41) is 6.52. The second-order valence-electron chi connectivity index (χ2n) is 5.34. The molecule has 2 rings (SSSR count). The first-order chi connectivity index (χ1) is 9.63. The van der Waals surface area contributed by atoms with Gasteiger partial charge in [-0.1, -0.05) is 56.6 Å². The maximum Gasteiger partial charge on any atom is 0.0686 e. The summed E-state index contributed by atoms with van der Waals surface area (Å²) in [7, 11) is 0. The molecule has 3 heteroatoms. The van der Waals surface area contributed by atoms with Gasteiger partial charge < -0.3 is 5.32 Å². The van der Waals surface area contributed by atoms with Crippen LogP contribution in [0.2, 0.25) is 5.02 Å². The van der Waals surface area contributed by atoms with Gasteiger partial charge in [0.2, 0.25) is 0 Å². The molecule has 20 heavy (non-hydrogen) atoms. The van der Waals surface area contributed by atoms with E-state index in [1.54, 1.807) is 11.3 Å². The molecule has 0 aliphatic carbocycles. The molecule has 0 amide bonds. The molecule has 1 unspecified atom stereocenters. The molecule has 1 nitrogen and oxygen atoms in total. The van der Waals surface area contributed by atoms with Gasteiger partial charge in [-0.05, 0) is 41.5 Å². The van der Waals surface area contributed by atoms with Gasteiger partial charge in [0.1, 0.15) is 0 Å². The molecule has 2 aromatic rings. The van der Waals surface area contributed by atoms with Crippen LogP contribution < -0.4 is 5.32 Å². The van der Waals surface area contributed by atoms with Gasteiger partial charge in [-0.25, -0.2) is 0 Å². The van der Waals surface area contributed by atoms with Crippen molar-refractivity contribution in [2.45, 2.75) is 39.2 Å². The van der Waals surface area contributed by atoms with E-state index in [9.17, 15) is 0 Å². The van der Waals surface area contributed by atoms with E-state index < -0.39 is 0 Å². The lowest BCUT2D eigenvalue weighted by molar-refractivity contribution is 0.605. The zero-order valence-corrected chi connectivity index (χ0v) is 13.9. The molecular formula is C17H22ClNS. The van der Waals surface area contributed by atoms with Gasteiger partial charge in [0, 0.05) is 4.88 Å². The fourth-order valence-corrected chi connectivity index (χ4v) is 3.50. The van der Waals surface area contributed by atoms with Crippen LogP contribution in [0.5, 0.6) is 0 Å². The normalized spacial score (nSPS) is 12.8. The summed E-state index contributed by atoms with van der Waals surface area (Å²) < 4.78 is 0. The molecule has 0 bridgehead atoms. The van der Waals surface area contributed by atoms with Gasteiger partial charge in [-0.15, -0.1) is 11.3 Å². The van der Waals surface area contributed by atoms with E-state index in [-0.39, 0.29) is 6.04 Å². The van der Waals surface area contributed by atoms with Crippen LogP contribution in [0, 0.1) is 0 Å². The third kappa shape index (κ3) is 3.63. The topological polar surface area (TPSA) is 12.0 Å². The maximum absolute atomic E-state index is 6.32. The van der Waals surface area contributed by atoms with Crippen molar-refractivity contribution in [1.82, 2.24) is 5.32 Å². The molecule has 0 radical (unpaired) electrons. The molecule has 0 aliphatic heterocycles. The molecule has 1 aromatic carbocycles. The lowest BCUT2D eigenvalue weighted by atomic mass is 9.98. The Morgan fingerprint density at radius 2 is 1.75 bits per heavy atom. The van der Waals surface area contributed by atoms with Crippen LogP contribution in [-0.2, 0) is 0 Å². The van der Waals surface area contributed by atoms with Crippen LogP contribution in [0.4, 0.5) is 0 Å². The van der Waals surface area contributed by atoms with Crippen LogP contribution in [0.3, 0.4) is 0 Å². The Kier molecular flexibility index (Phi) is 5.64.